The maximum atomic E-state index is 12.0. The quantitative estimate of drug-likeness (QED) is 0.800. The van der Waals surface area contributed by atoms with Crippen LogP contribution in [-0.4, -0.2) is 34.5 Å². The standard InChI is InChI=1S/C13H16N2O3/c1-8(14)12(16)15-7-6-9-4-2-3-5-10(9)11(15)13(17)18/h2-5,8,11H,6-7,14H2,1H3,(H,17,18). The third-order valence-corrected chi connectivity index (χ3v) is 3.19. The van der Waals surface area contributed by atoms with Gasteiger partial charge in [-0.2, -0.15) is 0 Å². The number of benzene rings is 1. The number of aliphatic carboxylic acids is 1. The number of carbonyl (C=O) groups is 2. The van der Waals surface area contributed by atoms with E-state index in [2.05, 4.69) is 0 Å². The molecule has 5 nitrogen and oxygen atoms in total. The summed E-state index contributed by atoms with van der Waals surface area (Å²) in [6.07, 6.45) is 0.665. The fraction of sp³-hybridized carbons (Fsp3) is 0.385. The van der Waals surface area contributed by atoms with E-state index in [1.807, 2.05) is 12.1 Å². The molecule has 1 heterocycles. The number of hydrogen-bond donors (Lipinski definition) is 2. The van der Waals surface area contributed by atoms with E-state index in [0.29, 0.717) is 18.5 Å². The van der Waals surface area contributed by atoms with Gasteiger partial charge in [-0.05, 0) is 24.5 Å². The molecule has 0 fully saturated rings. The lowest BCUT2D eigenvalue weighted by molar-refractivity contribution is -0.151. The first kappa shape index (κ1) is 12.6. The Morgan fingerprint density at radius 2 is 2.11 bits per heavy atom. The van der Waals surface area contributed by atoms with Crippen molar-refractivity contribution in [3.05, 3.63) is 35.4 Å². The van der Waals surface area contributed by atoms with Crippen molar-refractivity contribution >= 4 is 11.9 Å². The second-order valence-corrected chi connectivity index (χ2v) is 4.51. The van der Waals surface area contributed by atoms with Crippen LogP contribution in [0.3, 0.4) is 0 Å². The summed E-state index contributed by atoms with van der Waals surface area (Å²) in [4.78, 5) is 24.7. The zero-order chi connectivity index (χ0) is 13.3. The van der Waals surface area contributed by atoms with E-state index in [1.165, 1.54) is 4.90 Å². The molecule has 2 rings (SSSR count). The second kappa shape index (κ2) is 4.78. The van der Waals surface area contributed by atoms with E-state index >= 15 is 0 Å². The lowest BCUT2D eigenvalue weighted by Crippen LogP contribution is -2.49. The Bertz CT molecular complexity index is 485. The van der Waals surface area contributed by atoms with E-state index in [1.54, 1.807) is 19.1 Å². The Morgan fingerprint density at radius 1 is 1.44 bits per heavy atom. The molecule has 0 aromatic heterocycles. The van der Waals surface area contributed by atoms with Gasteiger partial charge in [0.15, 0.2) is 6.04 Å². The summed E-state index contributed by atoms with van der Waals surface area (Å²) in [5.41, 5.74) is 7.24. The van der Waals surface area contributed by atoms with Crippen LogP contribution in [0.4, 0.5) is 0 Å². The average molecular weight is 248 g/mol. The molecule has 0 bridgehead atoms. The number of carbonyl (C=O) groups excluding carboxylic acids is 1. The lowest BCUT2D eigenvalue weighted by Gasteiger charge is -2.35. The highest BCUT2D eigenvalue weighted by molar-refractivity contribution is 5.88. The number of carboxylic acids is 1. The monoisotopic (exact) mass is 248 g/mol. The molecule has 1 aliphatic rings. The zero-order valence-electron chi connectivity index (χ0n) is 10.2. The summed E-state index contributed by atoms with van der Waals surface area (Å²) in [7, 11) is 0. The molecule has 0 radical (unpaired) electrons. The summed E-state index contributed by atoms with van der Waals surface area (Å²) in [5, 5.41) is 9.35. The summed E-state index contributed by atoms with van der Waals surface area (Å²) >= 11 is 0. The molecule has 18 heavy (non-hydrogen) atoms. The largest absolute Gasteiger partial charge is 0.479 e. The van der Waals surface area contributed by atoms with Crippen molar-refractivity contribution in [2.75, 3.05) is 6.54 Å². The van der Waals surface area contributed by atoms with Crippen molar-refractivity contribution in [1.82, 2.24) is 4.90 Å². The molecule has 1 aromatic carbocycles. The minimum atomic E-state index is -1.02. The van der Waals surface area contributed by atoms with E-state index in [4.69, 9.17) is 5.73 Å². The molecule has 1 aromatic rings. The van der Waals surface area contributed by atoms with Crippen LogP contribution in [0.15, 0.2) is 24.3 Å². The number of nitrogens with two attached hydrogens (primary N) is 1. The third kappa shape index (κ3) is 2.09. The van der Waals surface area contributed by atoms with Crippen molar-refractivity contribution in [2.45, 2.75) is 25.4 Å². The Balaban J connectivity index is 2.42. The van der Waals surface area contributed by atoms with Crippen LogP contribution >= 0.6 is 0 Å². The number of nitrogens with zero attached hydrogens (tertiary/aromatic N) is 1. The molecule has 96 valence electrons. The Kier molecular flexibility index (Phi) is 3.34. The average Bonchev–Trinajstić information content (AvgIpc) is 2.36. The van der Waals surface area contributed by atoms with Gasteiger partial charge < -0.3 is 15.7 Å². The van der Waals surface area contributed by atoms with Crippen LogP contribution in [0.25, 0.3) is 0 Å². The number of fused-ring (bicyclic) bond motifs is 1. The van der Waals surface area contributed by atoms with Crippen molar-refractivity contribution in [1.29, 1.82) is 0 Å². The fourth-order valence-corrected chi connectivity index (χ4v) is 2.33. The molecule has 1 aliphatic heterocycles. The molecule has 0 aliphatic carbocycles. The minimum absolute atomic E-state index is 0.322. The van der Waals surface area contributed by atoms with Crippen molar-refractivity contribution in [3.8, 4) is 0 Å². The highest BCUT2D eigenvalue weighted by Crippen LogP contribution is 2.30. The summed E-state index contributed by atoms with van der Waals surface area (Å²) in [5.74, 6) is -1.34. The summed E-state index contributed by atoms with van der Waals surface area (Å²) in [6, 6.07) is 5.72. The highest BCUT2D eigenvalue weighted by Gasteiger charge is 2.36. The van der Waals surface area contributed by atoms with Gasteiger partial charge >= 0.3 is 5.97 Å². The summed E-state index contributed by atoms with van der Waals surface area (Å²) < 4.78 is 0. The molecule has 3 N–H and O–H groups in total. The van der Waals surface area contributed by atoms with Gasteiger partial charge in [0.25, 0.3) is 0 Å². The third-order valence-electron chi connectivity index (χ3n) is 3.19. The van der Waals surface area contributed by atoms with Gasteiger partial charge in [0.2, 0.25) is 5.91 Å². The maximum absolute atomic E-state index is 12.0. The topological polar surface area (TPSA) is 83.6 Å². The van der Waals surface area contributed by atoms with Crippen LogP contribution < -0.4 is 5.73 Å². The van der Waals surface area contributed by atoms with Gasteiger partial charge in [0.05, 0.1) is 6.04 Å². The molecule has 0 saturated carbocycles. The number of rotatable bonds is 2. The van der Waals surface area contributed by atoms with Gasteiger partial charge in [-0.3, -0.25) is 4.79 Å². The highest BCUT2D eigenvalue weighted by atomic mass is 16.4. The first-order valence-corrected chi connectivity index (χ1v) is 5.89. The number of hydrogen-bond acceptors (Lipinski definition) is 3. The van der Waals surface area contributed by atoms with Crippen LogP contribution in [0.1, 0.15) is 24.1 Å². The SMILES string of the molecule is CC(N)C(=O)N1CCc2ccccc2C1C(=O)O. The minimum Gasteiger partial charge on any atom is -0.479 e. The normalized spacial score (nSPS) is 20.1. The van der Waals surface area contributed by atoms with Crippen LogP contribution in [-0.2, 0) is 16.0 Å². The van der Waals surface area contributed by atoms with E-state index < -0.39 is 18.1 Å². The fourth-order valence-electron chi connectivity index (χ4n) is 2.33. The maximum Gasteiger partial charge on any atom is 0.331 e. The van der Waals surface area contributed by atoms with E-state index in [9.17, 15) is 14.7 Å². The predicted octanol–water partition coefficient (Wildman–Crippen LogP) is 0.544. The lowest BCUT2D eigenvalue weighted by atomic mass is 9.92. The van der Waals surface area contributed by atoms with Crippen molar-refractivity contribution in [2.24, 2.45) is 5.73 Å². The predicted molar refractivity (Wildman–Crippen MR) is 65.9 cm³/mol. The van der Waals surface area contributed by atoms with Gasteiger partial charge in [0, 0.05) is 6.54 Å². The second-order valence-electron chi connectivity index (χ2n) is 4.51. The van der Waals surface area contributed by atoms with Crippen LogP contribution in [0.2, 0.25) is 0 Å². The molecular weight excluding hydrogens is 232 g/mol. The first-order chi connectivity index (χ1) is 8.52. The van der Waals surface area contributed by atoms with Gasteiger partial charge in [0.1, 0.15) is 0 Å². The van der Waals surface area contributed by atoms with Gasteiger partial charge in [-0.25, -0.2) is 4.79 Å². The first-order valence-electron chi connectivity index (χ1n) is 5.89. The van der Waals surface area contributed by atoms with Crippen LogP contribution in [0.5, 0.6) is 0 Å². The number of amides is 1. The Morgan fingerprint density at radius 3 is 2.72 bits per heavy atom. The Hall–Kier alpha value is -1.88. The summed E-state index contributed by atoms with van der Waals surface area (Å²) in [6.45, 7) is 1.97. The molecule has 0 spiro atoms. The van der Waals surface area contributed by atoms with E-state index in [0.717, 1.165) is 5.56 Å². The Labute approximate surface area is 105 Å². The van der Waals surface area contributed by atoms with Gasteiger partial charge in [-0.1, -0.05) is 24.3 Å². The van der Waals surface area contributed by atoms with Gasteiger partial charge in [-0.15, -0.1) is 0 Å². The molecule has 5 heteroatoms. The van der Waals surface area contributed by atoms with Crippen molar-refractivity contribution in [3.63, 3.8) is 0 Å². The zero-order valence-corrected chi connectivity index (χ0v) is 10.2. The molecule has 1 amide bonds. The molecule has 0 saturated heterocycles. The smallest absolute Gasteiger partial charge is 0.331 e. The number of carboxylic acid groups (broad SMARTS) is 1. The molecule has 2 unspecified atom stereocenters. The van der Waals surface area contributed by atoms with E-state index in [-0.39, 0.29) is 5.91 Å². The van der Waals surface area contributed by atoms with Crippen LogP contribution in [0, 0.1) is 0 Å². The molecule has 2 atom stereocenters. The van der Waals surface area contributed by atoms with Crippen molar-refractivity contribution < 1.29 is 14.7 Å². The molecular formula is C13H16N2O3.